The summed E-state index contributed by atoms with van der Waals surface area (Å²) in [6.45, 7) is 2.12. The fourth-order valence-electron chi connectivity index (χ4n) is 1.38. The van der Waals surface area contributed by atoms with E-state index >= 15 is 0 Å². The number of hydrazine groups is 1. The zero-order chi connectivity index (χ0) is 13.4. The van der Waals surface area contributed by atoms with E-state index in [1.54, 1.807) is 12.1 Å². The van der Waals surface area contributed by atoms with Crippen molar-refractivity contribution in [2.45, 2.75) is 13.3 Å². The molecule has 1 aromatic rings. The highest BCUT2D eigenvalue weighted by Crippen LogP contribution is 2.06. The molecular weight excluding hydrogens is 230 g/mol. The van der Waals surface area contributed by atoms with Crippen LogP contribution in [-0.2, 0) is 4.79 Å². The average molecular weight is 247 g/mol. The van der Waals surface area contributed by atoms with Crippen molar-refractivity contribution >= 4 is 17.9 Å². The molecule has 0 radical (unpaired) electrons. The Labute approximate surface area is 106 Å². The summed E-state index contributed by atoms with van der Waals surface area (Å²) in [5.41, 5.74) is 3.59. The Balaban J connectivity index is 2.45. The summed E-state index contributed by atoms with van der Waals surface area (Å²) in [6, 6.07) is 7.07. The molecule has 5 nitrogen and oxygen atoms in total. The van der Waals surface area contributed by atoms with Crippen molar-refractivity contribution < 1.29 is 9.59 Å². The normalized spacial score (nSPS) is 10.3. The van der Waals surface area contributed by atoms with Crippen LogP contribution in [0.25, 0.3) is 6.08 Å². The molecule has 0 bridgehead atoms. The standard InChI is InChI=1S/C13H17N3O2/c1-10(17)15-9-3-2-4-11-5-7-12(8-6-11)13(18)16-14/h2,4-8H,3,9,14H2,1H3,(H,15,17)(H,16,18). The molecule has 0 aliphatic heterocycles. The van der Waals surface area contributed by atoms with Gasteiger partial charge in [0, 0.05) is 19.0 Å². The van der Waals surface area contributed by atoms with Gasteiger partial charge in [-0.3, -0.25) is 15.0 Å². The molecule has 0 fully saturated rings. The Morgan fingerprint density at radius 1 is 1.28 bits per heavy atom. The summed E-state index contributed by atoms with van der Waals surface area (Å²) >= 11 is 0. The number of nitrogen functional groups attached to an aromatic ring is 1. The number of rotatable bonds is 5. The third kappa shape index (κ3) is 4.80. The van der Waals surface area contributed by atoms with Crippen molar-refractivity contribution in [1.29, 1.82) is 0 Å². The van der Waals surface area contributed by atoms with Crippen LogP contribution < -0.4 is 16.6 Å². The summed E-state index contributed by atoms with van der Waals surface area (Å²) in [6.07, 6.45) is 4.67. The van der Waals surface area contributed by atoms with Gasteiger partial charge < -0.3 is 5.32 Å². The molecule has 0 saturated carbocycles. The van der Waals surface area contributed by atoms with Crippen LogP contribution in [0.15, 0.2) is 30.3 Å². The minimum absolute atomic E-state index is 0.0273. The maximum atomic E-state index is 11.2. The largest absolute Gasteiger partial charge is 0.356 e. The third-order valence-corrected chi connectivity index (χ3v) is 2.30. The second-order valence-corrected chi connectivity index (χ2v) is 3.77. The first kappa shape index (κ1) is 13.9. The molecule has 0 atom stereocenters. The minimum Gasteiger partial charge on any atom is -0.356 e. The second kappa shape index (κ2) is 7.24. The lowest BCUT2D eigenvalue weighted by molar-refractivity contribution is -0.118. The van der Waals surface area contributed by atoms with Gasteiger partial charge in [-0.05, 0) is 24.1 Å². The van der Waals surface area contributed by atoms with E-state index in [-0.39, 0.29) is 11.8 Å². The Hall–Kier alpha value is -2.14. The summed E-state index contributed by atoms with van der Waals surface area (Å²) < 4.78 is 0. The van der Waals surface area contributed by atoms with E-state index in [0.717, 1.165) is 12.0 Å². The zero-order valence-electron chi connectivity index (χ0n) is 10.3. The van der Waals surface area contributed by atoms with Gasteiger partial charge in [-0.2, -0.15) is 0 Å². The van der Waals surface area contributed by atoms with E-state index < -0.39 is 0 Å². The van der Waals surface area contributed by atoms with Crippen LogP contribution in [0.5, 0.6) is 0 Å². The van der Waals surface area contributed by atoms with Crippen LogP contribution in [0.1, 0.15) is 29.3 Å². The molecule has 0 unspecified atom stereocenters. The lowest BCUT2D eigenvalue weighted by Crippen LogP contribution is -2.29. The molecule has 1 rings (SSSR count). The molecule has 1 aromatic carbocycles. The maximum Gasteiger partial charge on any atom is 0.265 e. The predicted molar refractivity (Wildman–Crippen MR) is 70.4 cm³/mol. The number of nitrogens with one attached hydrogen (secondary N) is 2. The fourth-order valence-corrected chi connectivity index (χ4v) is 1.38. The van der Waals surface area contributed by atoms with Crippen molar-refractivity contribution in [3.63, 3.8) is 0 Å². The first-order chi connectivity index (χ1) is 8.63. The van der Waals surface area contributed by atoms with E-state index in [2.05, 4.69) is 10.7 Å². The van der Waals surface area contributed by atoms with Crippen molar-refractivity contribution in [2.75, 3.05) is 6.54 Å². The quantitative estimate of drug-likeness (QED) is 0.312. The first-order valence-corrected chi connectivity index (χ1v) is 5.65. The van der Waals surface area contributed by atoms with Gasteiger partial charge in [-0.1, -0.05) is 24.3 Å². The number of amides is 2. The Bertz CT molecular complexity index is 438. The van der Waals surface area contributed by atoms with E-state index in [4.69, 9.17) is 5.84 Å². The van der Waals surface area contributed by atoms with E-state index in [9.17, 15) is 9.59 Å². The van der Waals surface area contributed by atoms with E-state index in [1.165, 1.54) is 6.92 Å². The topological polar surface area (TPSA) is 84.2 Å². The first-order valence-electron chi connectivity index (χ1n) is 5.65. The molecule has 0 aliphatic carbocycles. The number of carbonyl (C=O) groups is 2. The number of carbonyl (C=O) groups excluding carboxylic acids is 2. The SMILES string of the molecule is CC(=O)NCCC=Cc1ccc(C(=O)NN)cc1. The van der Waals surface area contributed by atoms with Crippen LogP contribution in [-0.4, -0.2) is 18.4 Å². The van der Waals surface area contributed by atoms with Gasteiger partial charge in [0.2, 0.25) is 5.91 Å². The van der Waals surface area contributed by atoms with Crippen LogP contribution in [0.3, 0.4) is 0 Å². The van der Waals surface area contributed by atoms with Crippen LogP contribution in [0, 0.1) is 0 Å². The lowest BCUT2D eigenvalue weighted by Gasteiger charge is -2.00. The molecule has 4 N–H and O–H groups in total. The second-order valence-electron chi connectivity index (χ2n) is 3.77. The lowest BCUT2D eigenvalue weighted by atomic mass is 10.1. The average Bonchev–Trinajstić information content (AvgIpc) is 2.38. The highest BCUT2D eigenvalue weighted by molar-refractivity contribution is 5.93. The molecular formula is C13H17N3O2. The number of benzene rings is 1. The smallest absolute Gasteiger partial charge is 0.265 e. The van der Waals surface area contributed by atoms with Crippen LogP contribution in [0.4, 0.5) is 0 Å². The Kier molecular flexibility index (Phi) is 5.60. The predicted octanol–water partition coefficient (Wildman–Crippen LogP) is 0.829. The summed E-state index contributed by atoms with van der Waals surface area (Å²) in [5, 5.41) is 2.71. The number of hydrogen-bond acceptors (Lipinski definition) is 3. The van der Waals surface area contributed by atoms with Crippen molar-refractivity contribution in [3.05, 3.63) is 41.5 Å². The maximum absolute atomic E-state index is 11.2. The molecule has 0 heterocycles. The third-order valence-electron chi connectivity index (χ3n) is 2.30. The summed E-state index contributed by atoms with van der Waals surface area (Å²) in [7, 11) is 0. The molecule has 96 valence electrons. The molecule has 0 saturated heterocycles. The molecule has 5 heteroatoms. The summed E-state index contributed by atoms with van der Waals surface area (Å²) in [5.74, 6) is 4.70. The van der Waals surface area contributed by atoms with Gasteiger partial charge in [0.1, 0.15) is 0 Å². The van der Waals surface area contributed by atoms with Gasteiger partial charge in [0.15, 0.2) is 0 Å². The van der Waals surface area contributed by atoms with Crippen molar-refractivity contribution in [1.82, 2.24) is 10.7 Å². The van der Waals surface area contributed by atoms with Crippen LogP contribution in [0.2, 0.25) is 0 Å². The summed E-state index contributed by atoms with van der Waals surface area (Å²) in [4.78, 5) is 21.8. The van der Waals surface area contributed by atoms with Gasteiger partial charge >= 0.3 is 0 Å². The van der Waals surface area contributed by atoms with Gasteiger partial charge in [0.05, 0.1) is 0 Å². The molecule has 0 spiro atoms. The van der Waals surface area contributed by atoms with Gasteiger partial charge in [-0.25, -0.2) is 5.84 Å². The molecule has 0 aliphatic rings. The Morgan fingerprint density at radius 3 is 2.50 bits per heavy atom. The van der Waals surface area contributed by atoms with Gasteiger partial charge in [-0.15, -0.1) is 0 Å². The van der Waals surface area contributed by atoms with Gasteiger partial charge in [0.25, 0.3) is 5.91 Å². The van der Waals surface area contributed by atoms with E-state index in [1.807, 2.05) is 24.3 Å². The zero-order valence-corrected chi connectivity index (χ0v) is 10.3. The van der Waals surface area contributed by atoms with Crippen molar-refractivity contribution in [3.8, 4) is 0 Å². The molecule has 0 aromatic heterocycles. The number of hydrogen-bond donors (Lipinski definition) is 3. The molecule has 2 amide bonds. The van der Waals surface area contributed by atoms with Crippen LogP contribution >= 0.6 is 0 Å². The van der Waals surface area contributed by atoms with Crippen molar-refractivity contribution in [2.24, 2.45) is 5.84 Å². The Morgan fingerprint density at radius 2 is 1.94 bits per heavy atom. The fraction of sp³-hybridized carbons (Fsp3) is 0.231. The molecule has 18 heavy (non-hydrogen) atoms. The highest BCUT2D eigenvalue weighted by atomic mass is 16.2. The monoisotopic (exact) mass is 247 g/mol. The minimum atomic E-state index is -0.309. The van der Waals surface area contributed by atoms with E-state index in [0.29, 0.717) is 12.1 Å². The number of nitrogens with two attached hydrogens (primary N) is 1. The highest BCUT2D eigenvalue weighted by Gasteiger charge is 2.00.